The average Bonchev–Trinajstić information content (AvgIpc) is 2.73. The minimum absolute atomic E-state index is 0.0654. The van der Waals surface area contributed by atoms with Crippen molar-refractivity contribution in [1.82, 2.24) is 10.4 Å². The van der Waals surface area contributed by atoms with E-state index >= 15 is 0 Å². The van der Waals surface area contributed by atoms with Crippen molar-refractivity contribution in [1.29, 1.82) is 0 Å². The predicted molar refractivity (Wildman–Crippen MR) is 103 cm³/mol. The Morgan fingerprint density at radius 3 is 1.77 bits per heavy atom. The van der Waals surface area contributed by atoms with Gasteiger partial charge in [0.15, 0.2) is 0 Å². The highest BCUT2D eigenvalue weighted by atomic mass is 16.2. The molecule has 4 nitrogen and oxygen atoms in total. The average molecular weight is 350 g/mol. The largest absolute Gasteiger partial charge is 0.275 e. The number of hydrogen-bond donors (Lipinski definition) is 1. The molecule has 0 aliphatic heterocycles. The van der Waals surface area contributed by atoms with Crippen LogP contribution in [-0.4, -0.2) is 22.9 Å². The van der Waals surface area contributed by atoms with Crippen LogP contribution in [0.3, 0.4) is 0 Å². The molecule has 3 rings (SSSR count). The highest BCUT2D eigenvalue weighted by Crippen LogP contribution is 2.26. The lowest BCUT2D eigenvalue weighted by Gasteiger charge is -2.32. The zero-order valence-electron chi connectivity index (χ0n) is 15.2. The topological polar surface area (TPSA) is 49.4 Å². The summed E-state index contributed by atoms with van der Waals surface area (Å²) in [6, 6.07) is 18.0. The zero-order chi connectivity index (χ0) is 18.4. The summed E-state index contributed by atoms with van der Waals surface area (Å²) in [6.07, 6.45) is 5.99. The molecular weight excluding hydrogens is 324 g/mol. The lowest BCUT2D eigenvalue weighted by Crippen LogP contribution is -2.53. The van der Waals surface area contributed by atoms with E-state index in [0.717, 1.165) is 12.8 Å². The minimum atomic E-state index is -0.317. The number of nitrogens with one attached hydrogen (secondary N) is 1. The lowest BCUT2D eigenvalue weighted by molar-refractivity contribution is 0.0462. The van der Waals surface area contributed by atoms with Crippen LogP contribution in [0.15, 0.2) is 60.7 Å². The van der Waals surface area contributed by atoms with Gasteiger partial charge < -0.3 is 0 Å². The Morgan fingerprint density at radius 2 is 1.31 bits per heavy atom. The van der Waals surface area contributed by atoms with Gasteiger partial charge in [0.05, 0.1) is 0 Å². The van der Waals surface area contributed by atoms with Crippen LogP contribution in [0.1, 0.15) is 59.7 Å². The summed E-state index contributed by atoms with van der Waals surface area (Å²) in [5, 5.41) is 1.20. The Morgan fingerprint density at radius 1 is 0.846 bits per heavy atom. The van der Waals surface area contributed by atoms with Crippen LogP contribution >= 0.6 is 0 Å². The van der Waals surface area contributed by atoms with Crippen molar-refractivity contribution in [3.8, 4) is 0 Å². The van der Waals surface area contributed by atoms with E-state index in [1.54, 1.807) is 24.3 Å². The van der Waals surface area contributed by atoms with Crippen molar-refractivity contribution < 1.29 is 9.59 Å². The molecule has 2 aromatic rings. The molecule has 0 saturated heterocycles. The summed E-state index contributed by atoms with van der Waals surface area (Å²) in [7, 11) is 0. The highest BCUT2D eigenvalue weighted by Gasteiger charge is 2.29. The van der Waals surface area contributed by atoms with Crippen LogP contribution in [0.2, 0.25) is 0 Å². The molecule has 26 heavy (non-hydrogen) atoms. The van der Waals surface area contributed by atoms with Gasteiger partial charge in [-0.1, -0.05) is 55.7 Å². The van der Waals surface area contributed by atoms with Gasteiger partial charge in [0.1, 0.15) is 0 Å². The van der Waals surface area contributed by atoms with Crippen LogP contribution in [-0.2, 0) is 0 Å². The van der Waals surface area contributed by atoms with Gasteiger partial charge in [-0.3, -0.25) is 9.59 Å². The molecule has 1 aliphatic rings. The molecule has 0 aromatic heterocycles. The van der Waals surface area contributed by atoms with E-state index in [2.05, 4.69) is 12.3 Å². The summed E-state index contributed by atoms with van der Waals surface area (Å²) in [5.74, 6) is -0.150. The molecule has 1 N–H and O–H groups in total. The molecule has 0 radical (unpaired) electrons. The van der Waals surface area contributed by atoms with E-state index in [1.165, 1.54) is 24.3 Å². The maximum atomic E-state index is 13.0. The van der Waals surface area contributed by atoms with Gasteiger partial charge in [0.2, 0.25) is 0 Å². The van der Waals surface area contributed by atoms with Gasteiger partial charge >= 0.3 is 0 Å². The molecule has 0 bridgehead atoms. The fourth-order valence-corrected chi connectivity index (χ4v) is 3.57. The molecule has 1 saturated carbocycles. The molecular formula is C22H26N2O2. The summed E-state index contributed by atoms with van der Waals surface area (Å²) >= 11 is 0. The van der Waals surface area contributed by atoms with Crippen molar-refractivity contribution in [2.24, 2.45) is 5.92 Å². The fraction of sp³-hybridized carbons (Fsp3) is 0.364. The van der Waals surface area contributed by atoms with Gasteiger partial charge in [-0.25, -0.2) is 10.4 Å². The number of rotatable bonds is 5. The van der Waals surface area contributed by atoms with Crippen molar-refractivity contribution >= 4 is 11.8 Å². The van der Waals surface area contributed by atoms with E-state index in [0.29, 0.717) is 17.0 Å². The summed E-state index contributed by atoms with van der Waals surface area (Å²) in [4.78, 5) is 26.0. The molecule has 1 unspecified atom stereocenters. The Hall–Kier alpha value is -2.46. The number of benzene rings is 2. The third kappa shape index (κ3) is 4.38. The van der Waals surface area contributed by atoms with Crippen LogP contribution < -0.4 is 5.43 Å². The molecule has 1 aliphatic carbocycles. The van der Waals surface area contributed by atoms with E-state index in [-0.39, 0.29) is 17.9 Å². The van der Waals surface area contributed by atoms with Gasteiger partial charge in [-0.15, -0.1) is 0 Å². The number of carbonyl (C=O) groups is 2. The van der Waals surface area contributed by atoms with E-state index in [4.69, 9.17) is 0 Å². The summed E-state index contributed by atoms with van der Waals surface area (Å²) in [6.45, 7) is 2.07. The third-order valence-electron chi connectivity index (χ3n) is 5.14. The first-order valence-corrected chi connectivity index (χ1v) is 9.42. The van der Waals surface area contributed by atoms with Gasteiger partial charge in [0.25, 0.3) is 11.8 Å². The smallest absolute Gasteiger partial charge is 0.267 e. The molecule has 2 amide bonds. The Kier molecular flexibility index (Phi) is 6.18. The molecule has 1 fully saturated rings. The normalized spacial score (nSPS) is 16.0. The molecule has 4 heteroatoms. The van der Waals surface area contributed by atoms with Crippen molar-refractivity contribution in [3.05, 3.63) is 71.8 Å². The zero-order valence-corrected chi connectivity index (χ0v) is 15.2. The Bertz CT molecular complexity index is 673. The van der Waals surface area contributed by atoms with Crippen molar-refractivity contribution in [2.75, 3.05) is 0 Å². The van der Waals surface area contributed by atoms with Crippen molar-refractivity contribution in [3.63, 3.8) is 0 Å². The molecule has 0 spiro atoms. The second kappa shape index (κ2) is 8.77. The maximum Gasteiger partial charge on any atom is 0.275 e. The highest BCUT2D eigenvalue weighted by molar-refractivity contribution is 6.09. The first-order valence-electron chi connectivity index (χ1n) is 9.42. The maximum absolute atomic E-state index is 13.0. The second-order valence-electron chi connectivity index (χ2n) is 6.99. The number of imide groups is 1. The minimum Gasteiger partial charge on any atom is -0.267 e. The number of nitrogens with zero attached hydrogens (tertiary/aromatic N) is 1. The van der Waals surface area contributed by atoms with Gasteiger partial charge in [-0.05, 0) is 49.9 Å². The van der Waals surface area contributed by atoms with Crippen LogP contribution in [0.5, 0.6) is 0 Å². The third-order valence-corrected chi connectivity index (χ3v) is 5.14. The molecule has 0 heterocycles. The van der Waals surface area contributed by atoms with Gasteiger partial charge in [-0.2, -0.15) is 0 Å². The number of carbonyl (C=O) groups excluding carboxylic acids is 2. The van der Waals surface area contributed by atoms with E-state index in [9.17, 15) is 9.59 Å². The van der Waals surface area contributed by atoms with Crippen LogP contribution in [0.4, 0.5) is 0 Å². The van der Waals surface area contributed by atoms with E-state index in [1.807, 2.05) is 36.4 Å². The number of hydrogen-bond acceptors (Lipinski definition) is 3. The number of hydrazine groups is 1. The second-order valence-corrected chi connectivity index (χ2v) is 6.99. The lowest BCUT2D eigenvalue weighted by atomic mass is 9.85. The quantitative estimate of drug-likeness (QED) is 0.640. The number of amides is 2. The SMILES string of the molecule is CC(NN(C(=O)c1ccccc1)C(=O)c1ccccc1)C1CCCCC1. The fourth-order valence-electron chi connectivity index (χ4n) is 3.57. The predicted octanol–water partition coefficient (Wildman–Crippen LogP) is 4.44. The first-order chi connectivity index (χ1) is 12.7. The summed E-state index contributed by atoms with van der Waals surface area (Å²) < 4.78 is 0. The molecule has 136 valence electrons. The molecule has 1 atom stereocenters. The first kappa shape index (κ1) is 18.3. The summed E-state index contributed by atoms with van der Waals surface area (Å²) in [5.41, 5.74) is 4.22. The van der Waals surface area contributed by atoms with Crippen molar-refractivity contribution in [2.45, 2.75) is 45.1 Å². The van der Waals surface area contributed by atoms with Crippen LogP contribution in [0.25, 0.3) is 0 Å². The molecule has 2 aromatic carbocycles. The standard InChI is InChI=1S/C22H26N2O2/c1-17(18-11-5-2-6-12-18)23-24(21(25)19-13-7-3-8-14-19)22(26)20-15-9-4-10-16-20/h3-4,7-10,13-18,23H,2,5-6,11-12H2,1H3. The van der Waals surface area contributed by atoms with Gasteiger partial charge in [0, 0.05) is 17.2 Å². The Labute approximate surface area is 155 Å². The monoisotopic (exact) mass is 350 g/mol. The Balaban J connectivity index is 1.83. The van der Waals surface area contributed by atoms with Crippen LogP contribution in [0, 0.1) is 5.92 Å². The van der Waals surface area contributed by atoms with E-state index < -0.39 is 0 Å².